The first-order valence-electron chi connectivity index (χ1n) is 11.8. The van der Waals surface area contributed by atoms with Crippen molar-refractivity contribution in [2.24, 2.45) is 5.41 Å². The van der Waals surface area contributed by atoms with Crippen molar-refractivity contribution < 1.29 is 0 Å². The molecule has 0 unspecified atom stereocenters. The van der Waals surface area contributed by atoms with Crippen molar-refractivity contribution in [1.82, 2.24) is 0 Å². The highest BCUT2D eigenvalue weighted by atomic mass is 14.7. The molecule has 0 heteroatoms. The second kappa shape index (κ2) is 6.45. The molecular formula is C31H32. The number of hydrogen-bond donors (Lipinski definition) is 0. The molecule has 4 fully saturated rings. The maximum atomic E-state index is 4.62. The zero-order valence-corrected chi connectivity index (χ0v) is 18.6. The topological polar surface area (TPSA) is 0 Å². The third-order valence-electron chi connectivity index (χ3n) is 9.12. The van der Waals surface area contributed by atoms with Gasteiger partial charge in [0.1, 0.15) is 0 Å². The highest BCUT2D eigenvalue weighted by molar-refractivity contribution is 5.47. The molecule has 3 aromatic rings. The lowest BCUT2D eigenvalue weighted by Gasteiger charge is -2.71. The Bertz CT molecular complexity index is 966. The summed E-state index contributed by atoms with van der Waals surface area (Å²) in [6, 6.07) is 34.3. The maximum Gasteiger partial charge on any atom is -0.00217 e. The van der Waals surface area contributed by atoms with E-state index in [9.17, 15) is 0 Å². The molecule has 7 rings (SSSR count). The Morgan fingerprint density at radius 3 is 1.06 bits per heavy atom. The van der Waals surface area contributed by atoms with Crippen LogP contribution >= 0.6 is 0 Å². The molecule has 156 valence electrons. The first-order chi connectivity index (χ1) is 15.0. The van der Waals surface area contributed by atoms with Crippen LogP contribution in [0.15, 0.2) is 103 Å². The van der Waals surface area contributed by atoms with E-state index in [1.165, 1.54) is 44.1 Å². The van der Waals surface area contributed by atoms with E-state index in [1.54, 1.807) is 16.7 Å². The number of rotatable bonds is 4. The molecular weight excluding hydrogens is 372 g/mol. The minimum Gasteiger partial charge on any atom is -0.0996 e. The van der Waals surface area contributed by atoms with Gasteiger partial charge in [-0.15, -0.1) is 0 Å². The van der Waals surface area contributed by atoms with E-state index in [1.807, 2.05) is 0 Å². The van der Waals surface area contributed by atoms with Crippen LogP contribution in [0.3, 0.4) is 0 Å². The zero-order chi connectivity index (χ0) is 21.2. The Morgan fingerprint density at radius 1 is 0.516 bits per heavy atom. The van der Waals surface area contributed by atoms with Gasteiger partial charge in [0.25, 0.3) is 0 Å². The molecule has 4 bridgehead atoms. The van der Waals surface area contributed by atoms with Crippen LogP contribution in [0.5, 0.6) is 0 Å². The largest absolute Gasteiger partial charge is 0.0996 e. The summed E-state index contributed by atoms with van der Waals surface area (Å²) in [5.74, 6) is 0. The Balaban J connectivity index is 1.64. The van der Waals surface area contributed by atoms with Crippen LogP contribution in [0, 0.1) is 5.41 Å². The Kier molecular flexibility index (Phi) is 3.98. The van der Waals surface area contributed by atoms with Crippen molar-refractivity contribution in [1.29, 1.82) is 0 Å². The fourth-order valence-electron chi connectivity index (χ4n) is 8.38. The Labute approximate surface area is 187 Å². The first kappa shape index (κ1) is 19.1. The van der Waals surface area contributed by atoms with Crippen molar-refractivity contribution >= 4 is 0 Å². The van der Waals surface area contributed by atoms with E-state index in [4.69, 9.17) is 0 Å². The van der Waals surface area contributed by atoms with E-state index in [2.05, 4.69) is 104 Å². The molecule has 0 aliphatic heterocycles. The summed E-state index contributed by atoms with van der Waals surface area (Å²) in [5, 5.41) is 0. The highest BCUT2D eigenvalue weighted by Crippen LogP contribution is 2.75. The third kappa shape index (κ3) is 2.67. The van der Waals surface area contributed by atoms with Gasteiger partial charge in [-0.3, -0.25) is 0 Å². The molecule has 0 radical (unpaired) electrons. The van der Waals surface area contributed by atoms with Gasteiger partial charge in [0, 0.05) is 0 Å². The summed E-state index contributed by atoms with van der Waals surface area (Å²) >= 11 is 0. The lowest BCUT2D eigenvalue weighted by Crippen LogP contribution is -2.65. The molecule has 0 heterocycles. The molecule has 0 aromatic heterocycles. The zero-order valence-electron chi connectivity index (χ0n) is 18.6. The molecule has 0 N–H and O–H groups in total. The lowest BCUT2D eigenvalue weighted by atomic mass is 9.32. The average Bonchev–Trinajstić information content (AvgIpc) is 2.80. The van der Waals surface area contributed by atoms with Gasteiger partial charge >= 0.3 is 0 Å². The van der Waals surface area contributed by atoms with Crippen LogP contribution in [0.1, 0.15) is 62.1 Å². The van der Waals surface area contributed by atoms with Gasteiger partial charge in [0.2, 0.25) is 0 Å². The molecule has 4 saturated carbocycles. The Morgan fingerprint density at radius 2 is 0.806 bits per heavy atom. The minimum absolute atomic E-state index is 0.205. The third-order valence-corrected chi connectivity index (χ3v) is 9.12. The summed E-state index contributed by atoms with van der Waals surface area (Å²) < 4.78 is 0. The van der Waals surface area contributed by atoms with Crippen molar-refractivity contribution in [2.45, 2.75) is 61.7 Å². The fraction of sp³-hybridized carbons (Fsp3) is 0.355. The summed E-state index contributed by atoms with van der Waals surface area (Å²) in [6.45, 7) is 6.93. The summed E-state index contributed by atoms with van der Waals surface area (Å²) in [4.78, 5) is 0. The molecule has 4 aliphatic rings. The second-order valence-corrected chi connectivity index (χ2v) is 11.1. The van der Waals surface area contributed by atoms with Gasteiger partial charge in [-0.05, 0) is 83.8 Å². The van der Waals surface area contributed by atoms with E-state index in [0.717, 1.165) is 0 Å². The highest BCUT2D eigenvalue weighted by Gasteiger charge is 2.69. The number of allylic oxidation sites excluding steroid dienone is 1. The molecule has 0 spiro atoms. The molecule has 3 aromatic carbocycles. The maximum absolute atomic E-state index is 4.62. The van der Waals surface area contributed by atoms with Gasteiger partial charge in [0.15, 0.2) is 0 Å². The van der Waals surface area contributed by atoms with Gasteiger partial charge < -0.3 is 0 Å². The van der Waals surface area contributed by atoms with Gasteiger partial charge in [0.05, 0.1) is 0 Å². The molecule has 0 amide bonds. The summed E-state index contributed by atoms with van der Waals surface area (Å²) in [6.07, 6.45) is 7.54. The van der Waals surface area contributed by atoms with Crippen molar-refractivity contribution in [3.8, 4) is 0 Å². The number of benzene rings is 3. The van der Waals surface area contributed by atoms with Gasteiger partial charge in [-0.1, -0.05) is 103 Å². The molecule has 0 atom stereocenters. The predicted molar refractivity (Wildman–Crippen MR) is 129 cm³/mol. The molecule has 0 saturated heterocycles. The SMILES string of the molecule is C=C(C)C12CC3(c4ccccc4)CC(c4ccccc4)(C1)CC(c1ccccc1)(C2)C3. The van der Waals surface area contributed by atoms with E-state index < -0.39 is 0 Å². The van der Waals surface area contributed by atoms with Crippen molar-refractivity contribution in [3.05, 3.63) is 120 Å². The van der Waals surface area contributed by atoms with Crippen LogP contribution in [0.2, 0.25) is 0 Å². The quantitative estimate of drug-likeness (QED) is 0.390. The standard InChI is InChI=1S/C31H32/c1-24(2)28-18-29(25-12-6-3-7-13-25)21-30(19-28,26-14-8-4-9-15-26)23-31(20-28,22-29)27-16-10-5-11-17-27/h3-17H,1,18-23H2,2H3. The van der Waals surface area contributed by atoms with E-state index in [0.29, 0.717) is 0 Å². The monoisotopic (exact) mass is 404 g/mol. The van der Waals surface area contributed by atoms with Gasteiger partial charge in [-0.2, -0.15) is 0 Å². The second-order valence-electron chi connectivity index (χ2n) is 11.1. The lowest BCUT2D eigenvalue weighted by molar-refractivity contribution is -0.0898. The molecule has 4 aliphatic carbocycles. The minimum atomic E-state index is 0.205. The van der Waals surface area contributed by atoms with E-state index in [-0.39, 0.29) is 21.7 Å². The first-order valence-corrected chi connectivity index (χ1v) is 11.8. The van der Waals surface area contributed by atoms with Crippen molar-refractivity contribution in [3.63, 3.8) is 0 Å². The Hall–Kier alpha value is -2.60. The average molecular weight is 405 g/mol. The summed E-state index contributed by atoms with van der Waals surface area (Å²) in [5.41, 5.74) is 6.85. The summed E-state index contributed by atoms with van der Waals surface area (Å²) in [7, 11) is 0. The smallest absolute Gasteiger partial charge is 0.00217 e. The van der Waals surface area contributed by atoms with Crippen LogP contribution in [0.4, 0.5) is 0 Å². The molecule has 0 nitrogen and oxygen atoms in total. The van der Waals surface area contributed by atoms with Gasteiger partial charge in [-0.25, -0.2) is 0 Å². The van der Waals surface area contributed by atoms with E-state index >= 15 is 0 Å². The van der Waals surface area contributed by atoms with Crippen LogP contribution in [0.25, 0.3) is 0 Å². The fourth-order valence-corrected chi connectivity index (χ4v) is 8.38. The normalized spacial score (nSPS) is 35.8. The van der Waals surface area contributed by atoms with Crippen molar-refractivity contribution in [2.75, 3.05) is 0 Å². The van der Waals surface area contributed by atoms with Crippen LogP contribution < -0.4 is 0 Å². The number of hydrogen-bond acceptors (Lipinski definition) is 0. The van der Waals surface area contributed by atoms with Crippen LogP contribution in [-0.4, -0.2) is 0 Å². The van der Waals surface area contributed by atoms with Crippen LogP contribution in [-0.2, 0) is 16.2 Å². The molecule has 31 heavy (non-hydrogen) atoms. The predicted octanol–water partition coefficient (Wildman–Crippen LogP) is 7.74.